The van der Waals surface area contributed by atoms with Crippen LogP contribution in [0.1, 0.15) is 22.4 Å². The van der Waals surface area contributed by atoms with Crippen molar-refractivity contribution < 1.29 is 26.3 Å². The van der Waals surface area contributed by atoms with Gasteiger partial charge in [-0.3, -0.25) is 4.99 Å². The highest BCUT2D eigenvalue weighted by Gasteiger charge is 2.37. The van der Waals surface area contributed by atoms with E-state index in [0.717, 1.165) is 0 Å². The molecule has 0 saturated heterocycles. The van der Waals surface area contributed by atoms with Crippen molar-refractivity contribution in [2.45, 2.75) is 18.9 Å². The van der Waals surface area contributed by atoms with Crippen LogP contribution in [0.3, 0.4) is 0 Å². The van der Waals surface area contributed by atoms with E-state index in [4.69, 9.17) is 0 Å². The lowest BCUT2D eigenvalue weighted by Crippen LogP contribution is -2.21. The third-order valence-electron chi connectivity index (χ3n) is 4.66. The third-order valence-corrected chi connectivity index (χ3v) is 4.66. The van der Waals surface area contributed by atoms with Gasteiger partial charge in [-0.15, -0.1) is 5.10 Å². The van der Waals surface area contributed by atoms with Gasteiger partial charge in [0.05, 0.1) is 24.2 Å². The molecule has 0 amide bonds. The van der Waals surface area contributed by atoms with Gasteiger partial charge in [0.25, 0.3) is 0 Å². The number of aromatic nitrogens is 3. The van der Waals surface area contributed by atoms with Crippen molar-refractivity contribution in [1.29, 1.82) is 0 Å². The number of amidine groups is 1. The van der Waals surface area contributed by atoms with Gasteiger partial charge in [-0.25, -0.2) is 4.68 Å². The molecule has 4 rings (SSSR count). The van der Waals surface area contributed by atoms with Crippen molar-refractivity contribution >= 4 is 5.84 Å². The van der Waals surface area contributed by atoms with Gasteiger partial charge in [-0.1, -0.05) is 35.5 Å². The average Bonchev–Trinajstić information content (AvgIpc) is 3.37. The van der Waals surface area contributed by atoms with Crippen LogP contribution < -0.4 is 5.32 Å². The Bertz CT molecular complexity index is 1080. The van der Waals surface area contributed by atoms with Crippen LogP contribution in [0.4, 0.5) is 26.3 Å². The normalized spacial score (nSPS) is 14.5. The molecular formula is C20H15F6N5. The molecule has 0 fully saturated rings. The number of hydrogen-bond donors (Lipinski definition) is 1. The second-order valence-corrected chi connectivity index (χ2v) is 6.88. The minimum atomic E-state index is -4.92. The van der Waals surface area contributed by atoms with E-state index in [-0.39, 0.29) is 18.2 Å². The zero-order valence-electron chi connectivity index (χ0n) is 15.8. The molecular weight excluding hydrogens is 424 g/mol. The van der Waals surface area contributed by atoms with Gasteiger partial charge in [-0.2, -0.15) is 26.3 Å². The monoisotopic (exact) mass is 439 g/mol. The molecule has 11 heteroatoms. The minimum absolute atomic E-state index is 0.103. The number of nitrogens with one attached hydrogen (secondary N) is 1. The quantitative estimate of drug-likeness (QED) is 0.614. The number of alkyl halides is 6. The van der Waals surface area contributed by atoms with Crippen molar-refractivity contribution in [3.63, 3.8) is 0 Å². The van der Waals surface area contributed by atoms with Crippen molar-refractivity contribution in [2.75, 3.05) is 13.1 Å². The summed E-state index contributed by atoms with van der Waals surface area (Å²) in [6.45, 7) is 0.787. The standard InChI is InChI=1S/C20H15F6N5/c21-19(22,23)14-8-12(9-15(10-14)20(24,25)26)11-31-17(13-4-2-1-3-5-13)16(29-30-31)18-27-6-7-28-18/h1-5,8-10H,6-7,11H2,(H,27,28). The zero-order valence-corrected chi connectivity index (χ0v) is 15.8. The molecule has 0 spiro atoms. The minimum Gasteiger partial charge on any atom is -0.367 e. The molecule has 2 aromatic carbocycles. The first-order valence-corrected chi connectivity index (χ1v) is 9.19. The predicted molar refractivity (Wildman–Crippen MR) is 100 cm³/mol. The zero-order chi connectivity index (χ0) is 22.2. The van der Waals surface area contributed by atoms with Crippen LogP contribution >= 0.6 is 0 Å². The lowest BCUT2D eigenvalue weighted by molar-refractivity contribution is -0.143. The second kappa shape index (κ2) is 7.71. The number of rotatable bonds is 4. The van der Waals surface area contributed by atoms with Gasteiger partial charge in [0.2, 0.25) is 0 Å². The van der Waals surface area contributed by atoms with Gasteiger partial charge in [0.1, 0.15) is 5.69 Å². The topological polar surface area (TPSA) is 55.1 Å². The highest BCUT2D eigenvalue weighted by molar-refractivity contribution is 6.02. The van der Waals surface area contributed by atoms with Crippen LogP contribution in [0.15, 0.2) is 53.5 Å². The molecule has 0 radical (unpaired) electrons. The first kappa shape index (κ1) is 20.9. The molecule has 0 saturated carbocycles. The number of nitrogens with zero attached hydrogens (tertiary/aromatic N) is 4. The lowest BCUT2D eigenvalue weighted by atomic mass is 10.0. The summed E-state index contributed by atoms with van der Waals surface area (Å²) in [5.41, 5.74) is -1.47. The van der Waals surface area contributed by atoms with Crippen molar-refractivity contribution in [2.24, 2.45) is 4.99 Å². The Morgan fingerprint density at radius 1 is 0.903 bits per heavy atom. The maximum Gasteiger partial charge on any atom is 0.416 e. The van der Waals surface area contributed by atoms with Gasteiger partial charge in [-0.05, 0) is 23.8 Å². The summed E-state index contributed by atoms with van der Waals surface area (Å²) in [5, 5.41) is 11.1. The summed E-state index contributed by atoms with van der Waals surface area (Å²) < 4.78 is 80.5. The second-order valence-electron chi connectivity index (χ2n) is 6.88. The molecule has 0 atom stereocenters. The predicted octanol–water partition coefficient (Wildman–Crippen LogP) is 4.38. The molecule has 5 nitrogen and oxygen atoms in total. The molecule has 3 aromatic rings. The largest absolute Gasteiger partial charge is 0.416 e. The van der Waals surface area contributed by atoms with Gasteiger partial charge in [0.15, 0.2) is 11.5 Å². The Kier molecular flexibility index (Phi) is 5.19. The van der Waals surface area contributed by atoms with E-state index in [1.54, 1.807) is 30.3 Å². The van der Waals surface area contributed by atoms with E-state index in [1.165, 1.54) is 4.68 Å². The fourth-order valence-corrected chi connectivity index (χ4v) is 3.31. The smallest absolute Gasteiger partial charge is 0.367 e. The fraction of sp³-hybridized carbons (Fsp3) is 0.250. The first-order valence-electron chi connectivity index (χ1n) is 9.19. The van der Waals surface area contributed by atoms with Crippen molar-refractivity contribution in [3.8, 4) is 11.3 Å². The van der Waals surface area contributed by atoms with Gasteiger partial charge >= 0.3 is 12.4 Å². The van der Waals surface area contributed by atoms with Crippen molar-refractivity contribution in [1.82, 2.24) is 20.3 Å². The van der Waals surface area contributed by atoms with Gasteiger partial charge in [0, 0.05) is 12.1 Å². The Hall–Kier alpha value is -3.37. The molecule has 2 heterocycles. The van der Waals surface area contributed by atoms with Crippen LogP contribution in [0.2, 0.25) is 0 Å². The Balaban J connectivity index is 1.81. The molecule has 162 valence electrons. The van der Waals surface area contributed by atoms with Crippen LogP contribution in [-0.4, -0.2) is 33.9 Å². The first-order chi connectivity index (χ1) is 14.6. The van der Waals surface area contributed by atoms with Crippen LogP contribution in [-0.2, 0) is 18.9 Å². The molecule has 1 aliphatic heterocycles. The molecule has 0 aliphatic carbocycles. The molecule has 1 aromatic heterocycles. The maximum atomic E-state index is 13.2. The highest BCUT2D eigenvalue weighted by Crippen LogP contribution is 2.36. The van der Waals surface area contributed by atoms with Crippen LogP contribution in [0, 0.1) is 0 Å². The van der Waals surface area contributed by atoms with E-state index in [0.29, 0.717) is 48.0 Å². The number of halogens is 6. The van der Waals surface area contributed by atoms with E-state index >= 15 is 0 Å². The summed E-state index contributed by atoms with van der Waals surface area (Å²) in [6, 6.07) is 10.3. The molecule has 1 aliphatic rings. The van der Waals surface area contributed by atoms with E-state index in [1.807, 2.05) is 0 Å². The van der Waals surface area contributed by atoms with E-state index in [2.05, 4.69) is 20.6 Å². The number of hydrogen-bond acceptors (Lipinski definition) is 4. The van der Waals surface area contributed by atoms with E-state index < -0.39 is 23.5 Å². The SMILES string of the molecule is FC(F)(F)c1cc(Cn2nnc(C3=NCCN3)c2-c2ccccc2)cc(C(F)(F)F)c1. The fourth-order valence-electron chi connectivity index (χ4n) is 3.31. The third kappa shape index (κ3) is 4.39. The molecule has 31 heavy (non-hydrogen) atoms. The molecule has 1 N–H and O–H groups in total. The molecule has 0 bridgehead atoms. The summed E-state index contributed by atoms with van der Waals surface area (Å²) in [6.07, 6.45) is -9.84. The Morgan fingerprint density at radius 2 is 1.55 bits per heavy atom. The lowest BCUT2D eigenvalue weighted by Gasteiger charge is -2.15. The number of benzene rings is 2. The summed E-state index contributed by atoms with van der Waals surface area (Å²) in [4.78, 5) is 4.30. The van der Waals surface area contributed by atoms with Crippen molar-refractivity contribution in [3.05, 3.63) is 70.9 Å². The van der Waals surface area contributed by atoms with E-state index in [9.17, 15) is 26.3 Å². The van der Waals surface area contributed by atoms with Crippen LogP contribution in [0.5, 0.6) is 0 Å². The maximum absolute atomic E-state index is 13.2. The average molecular weight is 439 g/mol. The van der Waals surface area contributed by atoms with Crippen LogP contribution in [0.25, 0.3) is 11.3 Å². The summed E-state index contributed by atoms with van der Waals surface area (Å²) in [7, 11) is 0. The summed E-state index contributed by atoms with van der Waals surface area (Å²) >= 11 is 0. The highest BCUT2D eigenvalue weighted by atomic mass is 19.4. The Labute approximate surface area is 172 Å². The number of aliphatic imine (C=N–C) groups is 1. The van der Waals surface area contributed by atoms with Gasteiger partial charge < -0.3 is 5.32 Å². The Morgan fingerprint density at radius 3 is 2.10 bits per heavy atom. The summed E-state index contributed by atoms with van der Waals surface area (Å²) in [5.74, 6) is 0.477. The molecule has 0 unspecified atom stereocenters.